The number of rotatable bonds is 4. The molecule has 0 saturated carbocycles. The lowest BCUT2D eigenvalue weighted by molar-refractivity contribution is 0.125. The van der Waals surface area contributed by atoms with Gasteiger partial charge >= 0.3 is 11.8 Å². The maximum atomic E-state index is 13.0. The summed E-state index contributed by atoms with van der Waals surface area (Å²) in [5.74, 6) is 0. The third kappa shape index (κ3) is 3.02. The maximum Gasteiger partial charge on any atom is 0.407 e. The van der Waals surface area contributed by atoms with Gasteiger partial charge in [0.1, 0.15) is 0 Å². The largest absolute Gasteiger partial charge is 0.465 e. The summed E-state index contributed by atoms with van der Waals surface area (Å²) >= 11 is 6.28. The van der Waals surface area contributed by atoms with Gasteiger partial charge in [-0.3, -0.25) is 9.13 Å². The van der Waals surface area contributed by atoms with Crippen molar-refractivity contribution in [2.45, 2.75) is 44.1 Å². The highest BCUT2D eigenvalue weighted by Crippen LogP contribution is 2.26. The molecule has 0 aliphatic carbocycles. The van der Waals surface area contributed by atoms with Crippen molar-refractivity contribution in [3.63, 3.8) is 0 Å². The first-order chi connectivity index (χ1) is 11.5. The topological polar surface area (TPSA) is 67.5 Å². The number of aromatic nitrogens is 2. The number of hydrogen-bond donors (Lipinski definition) is 1. The van der Waals surface area contributed by atoms with E-state index in [1.165, 1.54) is 4.90 Å². The molecule has 1 N–H and O–H groups in total. The van der Waals surface area contributed by atoms with Gasteiger partial charge in [-0.15, -0.1) is 11.6 Å². The number of alkyl halides is 1. The Balaban J connectivity index is 1.98. The van der Waals surface area contributed by atoms with E-state index < -0.39 is 6.09 Å². The Labute approximate surface area is 145 Å². The first kappa shape index (κ1) is 16.9. The third-order valence-corrected chi connectivity index (χ3v) is 5.24. The molecule has 2 heterocycles. The SMILES string of the molecule is CCC(Cl)Cn1c(=O)n(C2CCN(C(=O)O)CC2)c2ccccc21. The number of fused-ring (bicyclic) bond motifs is 1. The van der Waals surface area contributed by atoms with Crippen molar-refractivity contribution in [1.82, 2.24) is 14.0 Å². The average molecular weight is 352 g/mol. The number of imidazole rings is 1. The van der Waals surface area contributed by atoms with E-state index in [1.54, 1.807) is 4.57 Å². The van der Waals surface area contributed by atoms with Gasteiger partial charge in [0, 0.05) is 25.7 Å². The summed E-state index contributed by atoms with van der Waals surface area (Å²) in [6.07, 6.45) is 1.21. The summed E-state index contributed by atoms with van der Waals surface area (Å²) in [6.45, 7) is 3.40. The van der Waals surface area contributed by atoms with Crippen LogP contribution in [0.25, 0.3) is 11.0 Å². The Morgan fingerprint density at radius 2 is 1.92 bits per heavy atom. The summed E-state index contributed by atoms with van der Waals surface area (Å²) in [5, 5.41) is 9.00. The molecule has 1 aliphatic rings. The van der Waals surface area contributed by atoms with Crippen LogP contribution in [0.1, 0.15) is 32.2 Å². The Morgan fingerprint density at radius 1 is 1.29 bits per heavy atom. The van der Waals surface area contributed by atoms with Gasteiger partial charge in [-0.1, -0.05) is 19.1 Å². The number of para-hydroxylation sites is 2. The number of halogens is 1. The Hall–Kier alpha value is -1.95. The van der Waals surface area contributed by atoms with E-state index in [-0.39, 0.29) is 17.1 Å². The zero-order valence-corrected chi connectivity index (χ0v) is 14.4. The van der Waals surface area contributed by atoms with Crippen molar-refractivity contribution in [3.05, 3.63) is 34.7 Å². The fraction of sp³-hybridized carbons (Fsp3) is 0.529. The minimum Gasteiger partial charge on any atom is -0.465 e. The quantitative estimate of drug-likeness (QED) is 0.860. The molecule has 1 saturated heterocycles. The van der Waals surface area contributed by atoms with Crippen molar-refractivity contribution in [2.24, 2.45) is 0 Å². The standard InChI is InChI=1S/C17H22ClN3O3/c1-2-12(18)11-20-14-5-3-4-6-15(14)21(16(20)22)13-7-9-19(10-8-13)17(23)24/h3-6,12-13H,2,7-11H2,1H3,(H,23,24). The fourth-order valence-corrected chi connectivity index (χ4v) is 3.54. The molecule has 3 rings (SSSR count). The smallest absolute Gasteiger partial charge is 0.407 e. The van der Waals surface area contributed by atoms with Crippen molar-refractivity contribution in [2.75, 3.05) is 13.1 Å². The summed E-state index contributed by atoms with van der Waals surface area (Å²) in [5.41, 5.74) is 1.74. The molecule has 24 heavy (non-hydrogen) atoms. The van der Waals surface area contributed by atoms with Crippen molar-refractivity contribution in [1.29, 1.82) is 0 Å². The van der Waals surface area contributed by atoms with Gasteiger partial charge in [-0.05, 0) is 31.4 Å². The van der Waals surface area contributed by atoms with Gasteiger partial charge in [-0.25, -0.2) is 9.59 Å². The van der Waals surface area contributed by atoms with Gasteiger partial charge in [0.25, 0.3) is 0 Å². The van der Waals surface area contributed by atoms with Gasteiger partial charge < -0.3 is 10.0 Å². The highest BCUT2D eigenvalue weighted by Gasteiger charge is 2.27. The third-order valence-electron chi connectivity index (χ3n) is 4.79. The second-order valence-corrected chi connectivity index (χ2v) is 6.88. The van der Waals surface area contributed by atoms with Crippen LogP contribution >= 0.6 is 11.6 Å². The second kappa shape index (κ2) is 6.89. The lowest BCUT2D eigenvalue weighted by Gasteiger charge is -2.30. The van der Waals surface area contributed by atoms with Crippen molar-refractivity contribution in [3.8, 4) is 0 Å². The lowest BCUT2D eigenvalue weighted by atomic mass is 10.1. The first-order valence-corrected chi connectivity index (χ1v) is 8.78. The van der Waals surface area contributed by atoms with Crippen LogP contribution in [0.15, 0.2) is 29.1 Å². The molecule has 1 aromatic heterocycles. The zero-order chi connectivity index (χ0) is 17.3. The highest BCUT2D eigenvalue weighted by atomic mass is 35.5. The molecule has 1 fully saturated rings. The number of carboxylic acid groups (broad SMARTS) is 1. The molecular weight excluding hydrogens is 330 g/mol. The van der Waals surface area contributed by atoms with Crippen LogP contribution in [0.5, 0.6) is 0 Å². The van der Waals surface area contributed by atoms with Crippen LogP contribution in [-0.4, -0.2) is 43.7 Å². The molecular formula is C17H22ClN3O3. The van der Waals surface area contributed by atoms with E-state index in [0.29, 0.717) is 32.5 Å². The van der Waals surface area contributed by atoms with E-state index in [1.807, 2.05) is 35.8 Å². The number of carbonyl (C=O) groups is 1. The molecule has 1 amide bonds. The monoisotopic (exact) mass is 351 g/mol. The number of benzene rings is 1. The number of hydrogen-bond acceptors (Lipinski definition) is 2. The number of nitrogens with zero attached hydrogens (tertiary/aromatic N) is 3. The fourth-order valence-electron chi connectivity index (χ4n) is 3.40. The van der Waals surface area contributed by atoms with E-state index >= 15 is 0 Å². The second-order valence-electron chi connectivity index (χ2n) is 6.26. The molecule has 2 aromatic rings. The summed E-state index contributed by atoms with van der Waals surface area (Å²) < 4.78 is 3.58. The van der Waals surface area contributed by atoms with Crippen LogP contribution < -0.4 is 5.69 Å². The maximum absolute atomic E-state index is 13.0. The molecule has 1 aliphatic heterocycles. The van der Waals surface area contributed by atoms with Crippen LogP contribution in [0.3, 0.4) is 0 Å². The molecule has 130 valence electrons. The minimum absolute atomic E-state index is 0.0228. The van der Waals surface area contributed by atoms with E-state index in [2.05, 4.69) is 0 Å². The average Bonchev–Trinajstić information content (AvgIpc) is 2.87. The molecule has 0 radical (unpaired) electrons. The number of piperidine rings is 1. The highest BCUT2D eigenvalue weighted by molar-refractivity contribution is 6.20. The first-order valence-electron chi connectivity index (χ1n) is 8.34. The summed E-state index contributed by atoms with van der Waals surface area (Å²) in [6, 6.07) is 7.76. The molecule has 7 heteroatoms. The van der Waals surface area contributed by atoms with Gasteiger partial charge in [0.05, 0.1) is 16.4 Å². The number of amides is 1. The normalized spacial score (nSPS) is 17.3. The number of likely N-dealkylation sites (tertiary alicyclic amines) is 1. The van der Waals surface area contributed by atoms with E-state index in [4.69, 9.17) is 16.7 Å². The Morgan fingerprint density at radius 3 is 2.50 bits per heavy atom. The van der Waals surface area contributed by atoms with Crippen molar-refractivity contribution >= 4 is 28.7 Å². The molecule has 1 atom stereocenters. The van der Waals surface area contributed by atoms with E-state index in [9.17, 15) is 9.59 Å². The van der Waals surface area contributed by atoms with Crippen LogP contribution in [0, 0.1) is 0 Å². The predicted octanol–water partition coefficient (Wildman–Crippen LogP) is 3.14. The van der Waals surface area contributed by atoms with Crippen LogP contribution in [-0.2, 0) is 6.54 Å². The van der Waals surface area contributed by atoms with E-state index in [0.717, 1.165) is 17.5 Å². The molecule has 0 bridgehead atoms. The van der Waals surface area contributed by atoms with Crippen molar-refractivity contribution < 1.29 is 9.90 Å². The molecule has 1 unspecified atom stereocenters. The zero-order valence-electron chi connectivity index (χ0n) is 13.7. The summed E-state index contributed by atoms with van der Waals surface area (Å²) in [7, 11) is 0. The minimum atomic E-state index is -0.892. The van der Waals surface area contributed by atoms with Gasteiger partial charge in [-0.2, -0.15) is 0 Å². The molecule has 1 aromatic carbocycles. The Bertz CT molecular complexity index is 790. The van der Waals surface area contributed by atoms with Gasteiger partial charge in [0.2, 0.25) is 0 Å². The molecule has 6 nitrogen and oxygen atoms in total. The predicted molar refractivity (Wildman–Crippen MR) is 94.0 cm³/mol. The summed E-state index contributed by atoms with van der Waals surface area (Å²) in [4.78, 5) is 25.5. The van der Waals surface area contributed by atoms with Crippen LogP contribution in [0.2, 0.25) is 0 Å². The Kier molecular flexibility index (Phi) is 4.85. The lowest BCUT2D eigenvalue weighted by Crippen LogP contribution is -2.40. The van der Waals surface area contributed by atoms with Crippen LogP contribution in [0.4, 0.5) is 4.79 Å². The van der Waals surface area contributed by atoms with Gasteiger partial charge in [0.15, 0.2) is 0 Å². The molecule has 0 spiro atoms.